The van der Waals surface area contributed by atoms with Gasteiger partial charge in [-0.05, 0) is 75.1 Å². The summed E-state index contributed by atoms with van der Waals surface area (Å²) in [5.74, 6) is 0.364. The Hall–Kier alpha value is -3.02. The number of carbonyl (C=O) groups excluding carboxylic acids is 2. The van der Waals surface area contributed by atoms with Gasteiger partial charge in [0.2, 0.25) is 0 Å². The molecule has 3 rings (SSSR count). The molecule has 1 aliphatic rings. The van der Waals surface area contributed by atoms with E-state index in [1.807, 2.05) is 26.0 Å². The van der Waals surface area contributed by atoms with Gasteiger partial charge < -0.3 is 20.3 Å². The minimum absolute atomic E-state index is 0.0873. The first-order valence-electron chi connectivity index (χ1n) is 10.7. The second-order valence-corrected chi connectivity index (χ2v) is 7.75. The first kappa shape index (κ1) is 21.7. The summed E-state index contributed by atoms with van der Waals surface area (Å²) in [6, 6.07) is 12.6. The highest BCUT2D eigenvalue weighted by atomic mass is 16.5. The summed E-state index contributed by atoms with van der Waals surface area (Å²) < 4.78 is 5.14. The molecule has 30 heavy (non-hydrogen) atoms. The molecule has 0 aromatic heterocycles. The Balaban J connectivity index is 1.84. The number of anilines is 2. The van der Waals surface area contributed by atoms with Gasteiger partial charge in [-0.1, -0.05) is 6.92 Å². The van der Waals surface area contributed by atoms with Crippen molar-refractivity contribution in [2.24, 2.45) is 0 Å². The van der Waals surface area contributed by atoms with Crippen LogP contribution in [-0.4, -0.2) is 38.1 Å². The number of benzene rings is 2. The number of nitrogens with one attached hydrogen (secondary N) is 2. The van der Waals surface area contributed by atoms with Crippen LogP contribution in [0.5, 0.6) is 5.75 Å². The van der Waals surface area contributed by atoms with Crippen LogP contribution in [0.4, 0.5) is 11.4 Å². The molecule has 0 unspecified atom stereocenters. The van der Waals surface area contributed by atoms with Crippen molar-refractivity contribution < 1.29 is 14.3 Å². The molecule has 0 radical (unpaired) electrons. The van der Waals surface area contributed by atoms with Crippen molar-refractivity contribution in [1.29, 1.82) is 0 Å². The molecule has 0 spiro atoms. The molecule has 0 saturated carbocycles. The number of ether oxygens (including phenoxy) is 1. The van der Waals surface area contributed by atoms with Crippen LogP contribution in [0.15, 0.2) is 42.5 Å². The first-order chi connectivity index (χ1) is 14.5. The smallest absolute Gasteiger partial charge is 0.255 e. The van der Waals surface area contributed by atoms with Crippen molar-refractivity contribution in [2.75, 3.05) is 30.4 Å². The predicted octanol–water partition coefficient (Wildman–Crippen LogP) is 4.47. The van der Waals surface area contributed by atoms with Gasteiger partial charge in [0.1, 0.15) is 5.75 Å². The van der Waals surface area contributed by atoms with Gasteiger partial charge in [-0.2, -0.15) is 0 Å². The Morgan fingerprint density at radius 1 is 1.03 bits per heavy atom. The fourth-order valence-electron chi connectivity index (χ4n) is 3.56. The van der Waals surface area contributed by atoms with Gasteiger partial charge in [0.15, 0.2) is 0 Å². The van der Waals surface area contributed by atoms with Crippen LogP contribution < -0.4 is 20.3 Å². The zero-order valence-electron chi connectivity index (χ0n) is 18.0. The summed E-state index contributed by atoms with van der Waals surface area (Å²) >= 11 is 0. The van der Waals surface area contributed by atoms with Crippen molar-refractivity contribution in [3.05, 3.63) is 53.6 Å². The lowest BCUT2D eigenvalue weighted by atomic mass is 10.0. The predicted molar refractivity (Wildman–Crippen MR) is 121 cm³/mol. The lowest BCUT2D eigenvalue weighted by Crippen LogP contribution is -2.35. The first-order valence-corrected chi connectivity index (χ1v) is 10.7. The Bertz CT molecular complexity index is 874. The maximum absolute atomic E-state index is 13.0. The number of nitrogens with zero attached hydrogens (tertiary/aromatic N) is 1. The second-order valence-electron chi connectivity index (χ2n) is 7.75. The molecule has 2 N–H and O–H groups in total. The van der Waals surface area contributed by atoms with E-state index in [0.717, 1.165) is 38.0 Å². The van der Waals surface area contributed by atoms with E-state index in [0.29, 0.717) is 22.6 Å². The molecular weight excluding hydrogens is 378 g/mol. The Morgan fingerprint density at radius 2 is 1.73 bits per heavy atom. The summed E-state index contributed by atoms with van der Waals surface area (Å²) in [7, 11) is 1.59. The topological polar surface area (TPSA) is 70.7 Å². The van der Waals surface area contributed by atoms with Crippen molar-refractivity contribution >= 4 is 23.2 Å². The largest absolute Gasteiger partial charge is 0.497 e. The molecule has 1 fully saturated rings. The van der Waals surface area contributed by atoms with Gasteiger partial charge in [0.25, 0.3) is 11.8 Å². The summed E-state index contributed by atoms with van der Waals surface area (Å²) in [5.41, 5.74) is 2.66. The SMILES string of the molecule is CC[C@@H](C)NC(=O)c1cc(NC(=O)c2ccc(OC)cc2)ccc1N1CCCCC1. The molecule has 1 atom stereocenters. The van der Waals surface area contributed by atoms with E-state index in [-0.39, 0.29) is 17.9 Å². The third kappa shape index (κ3) is 5.32. The molecule has 0 aliphatic carbocycles. The van der Waals surface area contributed by atoms with Crippen LogP contribution in [0.2, 0.25) is 0 Å². The molecule has 2 aromatic carbocycles. The summed E-state index contributed by atoms with van der Waals surface area (Å²) in [5, 5.41) is 5.97. The number of piperidine rings is 1. The van der Waals surface area contributed by atoms with Gasteiger partial charge in [-0.25, -0.2) is 0 Å². The van der Waals surface area contributed by atoms with E-state index < -0.39 is 0 Å². The summed E-state index contributed by atoms with van der Waals surface area (Å²) in [4.78, 5) is 27.9. The molecule has 0 bridgehead atoms. The van der Waals surface area contributed by atoms with Crippen LogP contribution in [0, 0.1) is 0 Å². The normalized spacial score (nSPS) is 14.7. The van der Waals surface area contributed by atoms with Crippen molar-refractivity contribution in [2.45, 2.75) is 45.6 Å². The van der Waals surface area contributed by atoms with Crippen LogP contribution >= 0.6 is 0 Å². The van der Waals surface area contributed by atoms with E-state index in [9.17, 15) is 9.59 Å². The lowest BCUT2D eigenvalue weighted by molar-refractivity contribution is 0.0938. The maximum atomic E-state index is 13.0. The van der Waals surface area contributed by atoms with E-state index >= 15 is 0 Å². The third-order valence-corrected chi connectivity index (χ3v) is 5.54. The van der Waals surface area contributed by atoms with Crippen LogP contribution in [0.25, 0.3) is 0 Å². The minimum Gasteiger partial charge on any atom is -0.497 e. The van der Waals surface area contributed by atoms with Crippen LogP contribution in [0.1, 0.15) is 60.2 Å². The molecule has 160 valence electrons. The van der Waals surface area contributed by atoms with E-state index in [1.165, 1.54) is 6.42 Å². The van der Waals surface area contributed by atoms with Crippen LogP contribution in [-0.2, 0) is 0 Å². The number of carbonyl (C=O) groups is 2. The Kier molecular flexibility index (Phi) is 7.33. The zero-order valence-corrected chi connectivity index (χ0v) is 18.0. The van der Waals surface area contributed by atoms with Gasteiger partial charge in [0, 0.05) is 36.1 Å². The van der Waals surface area contributed by atoms with E-state index in [2.05, 4.69) is 15.5 Å². The van der Waals surface area contributed by atoms with Gasteiger partial charge in [-0.3, -0.25) is 9.59 Å². The molecule has 2 amide bonds. The van der Waals surface area contributed by atoms with Crippen molar-refractivity contribution in [3.63, 3.8) is 0 Å². The Morgan fingerprint density at radius 3 is 2.37 bits per heavy atom. The molecule has 6 nitrogen and oxygen atoms in total. The monoisotopic (exact) mass is 409 g/mol. The molecule has 2 aromatic rings. The average Bonchev–Trinajstić information content (AvgIpc) is 2.79. The van der Waals surface area contributed by atoms with Crippen molar-refractivity contribution in [3.8, 4) is 5.75 Å². The van der Waals surface area contributed by atoms with E-state index in [4.69, 9.17) is 4.74 Å². The standard InChI is InChI=1S/C24H31N3O3/c1-4-17(2)25-24(29)21-16-19(10-13-22(21)27-14-6-5-7-15-27)26-23(28)18-8-11-20(30-3)12-9-18/h8-13,16-17H,4-7,14-15H2,1-3H3,(H,25,29)(H,26,28)/t17-/m1/s1. The summed E-state index contributed by atoms with van der Waals surface area (Å²) in [6.45, 7) is 5.93. The van der Waals surface area contributed by atoms with Gasteiger partial charge in [0.05, 0.1) is 12.7 Å². The molecule has 6 heteroatoms. The molecule has 1 heterocycles. The quantitative estimate of drug-likeness (QED) is 0.708. The maximum Gasteiger partial charge on any atom is 0.255 e. The fourth-order valence-corrected chi connectivity index (χ4v) is 3.56. The zero-order chi connectivity index (χ0) is 21.5. The number of hydrogen-bond acceptors (Lipinski definition) is 4. The van der Waals surface area contributed by atoms with Crippen LogP contribution in [0.3, 0.4) is 0 Å². The second kappa shape index (κ2) is 10.1. The van der Waals surface area contributed by atoms with Gasteiger partial charge in [-0.15, -0.1) is 0 Å². The van der Waals surface area contributed by atoms with Gasteiger partial charge >= 0.3 is 0 Å². The number of methoxy groups -OCH3 is 1. The van der Waals surface area contributed by atoms with Crippen molar-refractivity contribution in [1.82, 2.24) is 5.32 Å². The third-order valence-electron chi connectivity index (χ3n) is 5.54. The highest BCUT2D eigenvalue weighted by Gasteiger charge is 2.20. The molecular formula is C24H31N3O3. The fraction of sp³-hybridized carbons (Fsp3) is 0.417. The van der Waals surface area contributed by atoms with E-state index in [1.54, 1.807) is 37.4 Å². The lowest BCUT2D eigenvalue weighted by Gasteiger charge is -2.31. The Labute approximate surface area is 178 Å². The molecule has 1 aliphatic heterocycles. The number of hydrogen-bond donors (Lipinski definition) is 2. The summed E-state index contributed by atoms with van der Waals surface area (Å²) in [6.07, 6.45) is 4.34. The molecule has 1 saturated heterocycles. The minimum atomic E-state index is -0.225. The average molecular weight is 410 g/mol. The number of rotatable bonds is 7. The highest BCUT2D eigenvalue weighted by Crippen LogP contribution is 2.28. The highest BCUT2D eigenvalue weighted by molar-refractivity contribution is 6.06. The number of amides is 2.